The second-order valence-corrected chi connectivity index (χ2v) is 7.81. The van der Waals surface area contributed by atoms with E-state index in [2.05, 4.69) is 5.32 Å². The lowest BCUT2D eigenvalue weighted by atomic mass is 9.63. The molecule has 2 unspecified atom stereocenters. The third kappa shape index (κ3) is 1.17. The standard InChI is InChI=1S/C11H18NO2P/c1-12-11(10(13)14)8-2-7-3-9(11)6-15(4-7)5-8/h7-9,12H,2-6H2,1H3,(H,13,14). The molecule has 0 amide bonds. The van der Waals surface area contributed by atoms with Crippen LogP contribution < -0.4 is 5.32 Å². The first-order valence-corrected chi connectivity index (χ1v) is 7.71. The topological polar surface area (TPSA) is 49.3 Å². The minimum Gasteiger partial charge on any atom is -0.480 e. The molecular weight excluding hydrogens is 209 g/mol. The largest absolute Gasteiger partial charge is 0.480 e. The Morgan fingerprint density at radius 1 is 1.33 bits per heavy atom. The zero-order valence-electron chi connectivity index (χ0n) is 9.07. The van der Waals surface area contributed by atoms with Crippen LogP contribution in [0.25, 0.3) is 0 Å². The normalized spacial score (nSPS) is 52.1. The Bertz CT molecular complexity index is 277. The molecule has 4 heteroatoms. The molecule has 0 aromatic rings. The predicted molar refractivity (Wildman–Crippen MR) is 60.7 cm³/mol. The Balaban J connectivity index is 1.99. The van der Waals surface area contributed by atoms with Gasteiger partial charge in [-0.1, -0.05) is 0 Å². The van der Waals surface area contributed by atoms with Gasteiger partial charge in [-0.15, -0.1) is 7.92 Å². The van der Waals surface area contributed by atoms with Crippen molar-refractivity contribution in [1.29, 1.82) is 0 Å². The third-order valence-corrected chi connectivity index (χ3v) is 7.71. The number of likely N-dealkylation sites (N-methyl/N-ethyl adjacent to an activating group) is 1. The van der Waals surface area contributed by atoms with Crippen LogP contribution in [0.1, 0.15) is 12.8 Å². The Hall–Kier alpha value is -0.140. The first kappa shape index (κ1) is 10.0. The van der Waals surface area contributed by atoms with Gasteiger partial charge in [-0.2, -0.15) is 0 Å². The number of hydrogen-bond acceptors (Lipinski definition) is 2. The van der Waals surface area contributed by atoms with Crippen molar-refractivity contribution in [2.24, 2.45) is 17.8 Å². The molecule has 1 saturated carbocycles. The SMILES string of the molecule is CNC1(C(=O)O)C2CC3CC1CP(C3)C2. The van der Waals surface area contributed by atoms with Gasteiger partial charge in [0.05, 0.1) is 0 Å². The highest BCUT2D eigenvalue weighted by molar-refractivity contribution is 7.57. The van der Waals surface area contributed by atoms with E-state index in [-0.39, 0.29) is 7.92 Å². The van der Waals surface area contributed by atoms with E-state index in [0.717, 1.165) is 18.8 Å². The van der Waals surface area contributed by atoms with Crippen LogP contribution in [0.2, 0.25) is 0 Å². The predicted octanol–water partition coefficient (Wildman–Crippen LogP) is 1.18. The number of rotatable bonds is 2. The van der Waals surface area contributed by atoms with Crippen molar-refractivity contribution < 1.29 is 9.90 Å². The number of carbonyl (C=O) groups is 1. The summed E-state index contributed by atoms with van der Waals surface area (Å²) in [4.78, 5) is 11.6. The molecule has 1 aliphatic carbocycles. The average Bonchev–Trinajstić information content (AvgIpc) is 2.16. The summed E-state index contributed by atoms with van der Waals surface area (Å²) < 4.78 is 0. The Morgan fingerprint density at radius 3 is 2.33 bits per heavy atom. The zero-order valence-corrected chi connectivity index (χ0v) is 9.96. The molecule has 0 radical (unpaired) electrons. The van der Waals surface area contributed by atoms with Crippen molar-refractivity contribution in [1.82, 2.24) is 5.32 Å². The van der Waals surface area contributed by atoms with Gasteiger partial charge in [-0.25, -0.2) is 0 Å². The first-order valence-electron chi connectivity index (χ1n) is 5.81. The van der Waals surface area contributed by atoms with Gasteiger partial charge < -0.3 is 10.4 Å². The van der Waals surface area contributed by atoms with E-state index in [1.807, 2.05) is 7.05 Å². The number of nitrogens with one attached hydrogen (secondary N) is 1. The summed E-state index contributed by atoms with van der Waals surface area (Å²) in [6, 6.07) is 0. The van der Waals surface area contributed by atoms with Crippen LogP contribution in [0, 0.1) is 17.8 Å². The van der Waals surface area contributed by atoms with E-state index in [1.54, 1.807) is 0 Å². The number of hydrogen-bond donors (Lipinski definition) is 2. The van der Waals surface area contributed by atoms with Crippen LogP contribution >= 0.6 is 7.92 Å². The van der Waals surface area contributed by atoms with E-state index >= 15 is 0 Å². The molecule has 0 aromatic carbocycles. The summed E-state index contributed by atoms with van der Waals surface area (Å²) in [6.07, 6.45) is 6.15. The number of carboxylic acids is 1. The van der Waals surface area contributed by atoms with Gasteiger partial charge in [-0.05, 0) is 56.1 Å². The molecule has 0 aromatic heterocycles. The van der Waals surface area contributed by atoms with Crippen LogP contribution in [0.4, 0.5) is 0 Å². The van der Waals surface area contributed by atoms with Crippen molar-refractivity contribution in [3.63, 3.8) is 0 Å². The number of aliphatic carboxylic acids is 1. The monoisotopic (exact) mass is 227 g/mol. The van der Waals surface area contributed by atoms with Crippen LogP contribution in [0.3, 0.4) is 0 Å². The molecule has 2 atom stereocenters. The van der Waals surface area contributed by atoms with Crippen molar-refractivity contribution >= 4 is 13.9 Å². The van der Waals surface area contributed by atoms with Crippen molar-refractivity contribution in [3.8, 4) is 0 Å². The van der Waals surface area contributed by atoms with Gasteiger partial charge in [0.1, 0.15) is 5.54 Å². The lowest BCUT2D eigenvalue weighted by Gasteiger charge is -2.59. The molecule has 4 aliphatic rings. The fourth-order valence-corrected chi connectivity index (χ4v) is 7.87. The molecule has 4 fully saturated rings. The molecule has 0 spiro atoms. The fourth-order valence-electron chi connectivity index (χ4n) is 4.27. The summed E-state index contributed by atoms with van der Waals surface area (Å²) in [5, 5.41) is 12.7. The van der Waals surface area contributed by atoms with Gasteiger partial charge in [0.15, 0.2) is 0 Å². The third-order valence-electron chi connectivity index (χ3n) is 4.76. The van der Waals surface area contributed by atoms with Gasteiger partial charge >= 0.3 is 5.97 Å². The van der Waals surface area contributed by atoms with Crippen LogP contribution in [0.15, 0.2) is 0 Å². The molecule has 3 saturated heterocycles. The maximum absolute atomic E-state index is 11.6. The van der Waals surface area contributed by atoms with Gasteiger partial charge in [0.2, 0.25) is 0 Å². The highest BCUT2D eigenvalue weighted by Gasteiger charge is 2.60. The fraction of sp³-hybridized carbons (Fsp3) is 0.909. The zero-order chi connectivity index (χ0) is 10.6. The summed E-state index contributed by atoms with van der Waals surface area (Å²) in [7, 11) is 2.03. The molecule has 2 N–H and O–H groups in total. The highest BCUT2D eigenvalue weighted by Crippen LogP contribution is 2.63. The van der Waals surface area contributed by atoms with Crippen LogP contribution in [0.5, 0.6) is 0 Å². The van der Waals surface area contributed by atoms with E-state index in [0.29, 0.717) is 11.8 Å². The Labute approximate surface area is 91.4 Å². The number of carboxylic acid groups (broad SMARTS) is 1. The van der Waals surface area contributed by atoms with Gasteiger partial charge in [-0.3, -0.25) is 4.79 Å². The molecule has 3 nitrogen and oxygen atoms in total. The van der Waals surface area contributed by atoms with E-state index in [4.69, 9.17) is 0 Å². The van der Waals surface area contributed by atoms with E-state index < -0.39 is 11.5 Å². The molecule has 15 heavy (non-hydrogen) atoms. The quantitative estimate of drug-likeness (QED) is 0.696. The molecule has 3 aliphatic heterocycles. The maximum Gasteiger partial charge on any atom is 0.324 e. The summed E-state index contributed by atoms with van der Waals surface area (Å²) in [6.45, 7) is 0. The average molecular weight is 227 g/mol. The van der Waals surface area contributed by atoms with E-state index in [9.17, 15) is 9.90 Å². The van der Waals surface area contributed by atoms with Crippen molar-refractivity contribution in [3.05, 3.63) is 0 Å². The van der Waals surface area contributed by atoms with Crippen molar-refractivity contribution in [2.75, 3.05) is 25.5 Å². The maximum atomic E-state index is 11.6. The Morgan fingerprint density at radius 2 is 1.93 bits per heavy atom. The smallest absolute Gasteiger partial charge is 0.324 e. The summed E-state index contributed by atoms with van der Waals surface area (Å²) in [5.74, 6) is 1.08. The molecule has 4 rings (SSSR count). The second-order valence-electron chi connectivity index (χ2n) is 5.37. The lowest BCUT2D eigenvalue weighted by Crippen LogP contribution is -2.68. The molecule has 3 heterocycles. The minimum atomic E-state index is -0.602. The second kappa shape index (κ2) is 3.18. The van der Waals surface area contributed by atoms with Gasteiger partial charge in [0, 0.05) is 0 Å². The van der Waals surface area contributed by atoms with Crippen LogP contribution in [-0.4, -0.2) is 42.1 Å². The van der Waals surface area contributed by atoms with Crippen molar-refractivity contribution in [2.45, 2.75) is 18.4 Å². The molecule has 84 valence electrons. The highest BCUT2D eigenvalue weighted by atomic mass is 31.1. The summed E-state index contributed by atoms with van der Waals surface area (Å²) >= 11 is 0. The van der Waals surface area contributed by atoms with E-state index in [1.165, 1.54) is 18.5 Å². The van der Waals surface area contributed by atoms with Crippen LogP contribution in [-0.2, 0) is 4.79 Å². The lowest BCUT2D eigenvalue weighted by molar-refractivity contribution is -0.153. The molecule has 4 bridgehead atoms. The summed E-state index contributed by atoms with van der Waals surface area (Å²) in [5.41, 5.74) is -0.574. The Kier molecular flexibility index (Phi) is 2.13. The minimum absolute atomic E-state index is 0.196. The molecular formula is C11H18NO2P. The van der Waals surface area contributed by atoms with Gasteiger partial charge in [0.25, 0.3) is 0 Å². The first-order chi connectivity index (χ1) is 7.16.